The molecule has 0 saturated carbocycles. The van der Waals surface area contributed by atoms with Crippen LogP contribution in [0.1, 0.15) is 23.2 Å². The van der Waals surface area contributed by atoms with E-state index >= 15 is 0 Å². The number of ether oxygens (including phenoxy) is 1. The van der Waals surface area contributed by atoms with Crippen LogP contribution >= 0.6 is 0 Å². The van der Waals surface area contributed by atoms with Gasteiger partial charge in [-0.25, -0.2) is 8.78 Å². The summed E-state index contributed by atoms with van der Waals surface area (Å²) in [4.78, 5) is 11.9. The SMILES string of the molecule is NCC1CCC(C(=O)c2ccc(F)c(F)c2)O1. The molecule has 2 rings (SSSR count). The van der Waals surface area contributed by atoms with Crippen molar-refractivity contribution in [1.82, 2.24) is 0 Å². The highest BCUT2D eigenvalue weighted by atomic mass is 19.2. The fraction of sp³-hybridized carbons (Fsp3) is 0.417. The molecule has 0 aromatic heterocycles. The van der Waals surface area contributed by atoms with E-state index in [2.05, 4.69) is 0 Å². The highest BCUT2D eigenvalue weighted by Gasteiger charge is 2.30. The first kappa shape index (κ1) is 12.1. The van der Waals surface area contributed by atoms with Gasteiger partial charge in [0.05, 0.1) is 6.10 Å². The fourth-order valence-electron chi connectivity index (χ4n) is 1.91. The molecule has 0 amide bonds. The minimum atomic E-state index is -1.02. The van der Waals surface area contributed by atoms with Crippen molar-refractivity contribution in [1.29, 1.82) is 0 Å². The van der Waals surface area contributed by atoms with Crippen LogP contribution in [-0.4, -0.2) is 24.5 Å². The molecule has 92 valence electrons. The molecule has 1 aromatic rings. The Morgan fingerprint density at radius 1 is 1.35 bits per heavy atom. The van der Waals surface area contributed by atoms with Crippen LogP contribution in [0.4, 0.5) is 8.78 Å². The van der Waals surface area contributed by atoms with Gasteiger partial charge >= 0.3 is 0 Å². The molecular formula is C12H13F2NO2. The smallest absolute Gasteiger partial charge is 0.191 e. The lowest BCUT2D eigenvalue weighted by Crippen LogP contribution is -2.25. The predicted molar refractivity (Wildman–Crippen MR) is 57.6 cm³/mol. The van der Waals surface area contributed by atoms with E-state index in [0.717, 1.165) is 18.6 Å². The van der Waals surface area contributed by atoms with Crippen LogP contribution in [0.15, 0.2) is 18.2 Å². The summed E-state index contributed by atoms with van der Waals surface area (Å²) in [6, 6.07) is 3.11. The van der Waals surface area contributed by atoms with E-state index in [-0.39, 0.29) is 17.5 Å². The average molecular weight is 241 g/mol. The second-order valence-electron chi connectivity index (χ2n) is 4.05. The van der Waals surface area contributed by atoms with E-state index in [1.54, 1.807) is 0 Å². The first-order valence-corrected chi connectivity index (χ1v) is 5.46. The summed E-state index contributed by atoms with van der Waals surface area (Å²) in [6.45, 7) is 0.363. The van der Waals surface area contributed by atoms with Crippen LogP contribution in [0, 0.1) is 11.6 Å². The van der Waals surface area contributed by atoms with Gasteiger partial charge in [0.1, 0.15) is 6.10 Å². The van der Waals surface area contributed by atoms with Crippen molar-refractivity contribution in [3.63, 3.8) is 0 Å². The van der Waals surface area contributed by atoms with Crippen LogP contribution < -0.4 is 5.73 Å². The Morgan fingerprint density at radius 2 is 2.12 bits per heavy atom. The number of halogens is 2. The van der Waals surface area contributed by atoms with Crippen molar-refractivity contribution in [3.8, 4) is 0 Å². The zero-order valence-electron chi connectivity index (χ0n) is 9.16. The maximum Gasteiger partial charge on any atom is 0.191 e. The molecule has 1 fully saturated rings. The van der Waals surface area contributed by atoms with Gasteiger partial charge in [0, 0.05) is 12.1 Å². The molecule has 1 aliphatic heterocycles. The van der Waals surface area contributed by atoms with Gasteiger partial charge in [0.2, 0.25) is 0 Å². The number of ketones is 1. The topological polar surface area (TPSA) is 52.3 Å². The first-order valence-electron chi connectivity index (χ1n) is 5.46. The van der Waals surface area contributed by atoms with E-state index in [1.165, 1.54) is 6.07 Å². The first-order chi connectivity index (χ1) is 8.11. The lowest BCUT2D eigenvalue weighted by molar-refractivity contribution is 0.0404. The van der Waals surface area contributed by atoms with Crippen molar-refractivity contribution in [2.45, 2.75) is 25.0 Å². The second kappa shape index (κ2) is 4.89. The Hall–Kier alpha value is -1.33. The van der Waals surface area contributed by atoms with E-state index < -0.39 is 17.7 Å². The predicted octanol–water partition coefficient (Wildman–Crippen LogP) is 1.65. The third-order valence-electron chi connectivity index (χ3n) is 2.87. The van der Waals surface area contributed by atoms with Crippen molar-refractivity contribution in [2.24, 2.45) is 5.73 Å². The lowest BCUT2D eigenvalue weighted by atomic mass is 10.0. The molecule has 0 aliphatic carbocycles. The van der Waals surface area contributed by atoms with Gasteiger partial charge in [-0.2, -0.15) is 0 Å². The number of rotatable bonds is 3. The monoisotopic (exact) mass is 241 g/mol. The molecular weight excluding hydrogens is 228 g/mol. The van der Waals surface area contributed by atoms with Crippen molar-refractivity contribution >= 4 is 5.78 Å². The molecule has 0 bridgehead atoms. The lowest BCUT2D eigenvalue weighted by Gasteiger charge is -2.11. The van der Waals surface area contributed by atoms with Gasteiger partial charge < -0.3 is 10.5 Å². The Labute approximate surface area is 97.6 Å². The van der Waals surface area contributed by atoms with Crippen molar-refractivity contribution < 1.29 is 18.3 Å². The molecule has 2 atom stereocenters. The average Bonchev–Trinajstić information content (AvgIpc) is 2.80. The Balaban J connectivity index is 2.12. The summed E-state index contributed by atoms with van der Waals surface area (Å²) < 4.78 is 31.1. The third kappa shape index (κ3) is 2.50. The van der Waals surface area contributed by atoms with Crippen LogP contribution in [0.3, 0.4) is 0 Å². The quantitative estimate of drug-likeness (QED) is 0.819. The summed E-state index contributed by atoms with van der Waals surface area (Å²) in [7, 11) is 0. The van der Waals surface area contributed by atoms with Gasteiger partial charge in [-0.3, -0.25) is 4.79 Å². The van der Waals surface area contributed by atoms with Crippen LogP contribution in [0.25, 0.3) is 0 Å². The van der Waals surface area contributed by atoms with Gasteiger partial charge in [0.15, 0.2) is 17.4 Å². The number of hydrogen-bond acceptors (Lipinski definition) is 3. The van der Waals surface area contributed by atoms with Crippen molar-refractivity contribution in [2.75, 3.05) is 6.54 Å². The second-order valence-corrected chi connectivity index (χ2v) is 4.05. The zero-order chi connectivity index (χ0) is 12.4. The molecule has 2 N–H and O–H groups in total. The van der Waals surface area contributed by atoms with E-state index in [4.69, 9.17) is 10.5 Å². The minimum Gasteiger partial charge on any atom is -0.366 e. The molecule has 1 heterocycles. The zero-order valence-corrected chi connectivity index (χ0v) is 9.16. The molecule has 1 aromatic carbocycles. The largest absolute Gasteiger partial charge is 0.366 e. The molecule has 5 heteroatoms. The Kier molecular flexibility index (Phi) is 3.49. The Bertz CT molecular complexity index is 437. The standard InChI is InChI=1S/C12H13F2NO2/c13-9-3-1-7(5-10(9)14)12(16)11-4-2-8(6-15)17-11/h1,3,5,8,11H,2,4,6,15H2. The molecule has 0 spiro atoms. The van der Waals surface area contributed by atoms with Crippen LogP contribution in [0.5, 0.6) is 0 Å². The number of Topliss-reactive ketones (excluding diaryl/α,β-unsaturated/α-hetero) is 1. The van der Waals surface area contributed by atoms with Gasteiger partial charge in [-0.1, -0.05) is 0 Å². The van der Waals surface area contributed by atoms with E-state index in [0.29, 0.717) is 13.0 Å². The number of nitrogens with two attached hydrogens (primary N) is 1. The summed E-state index contributed by atoms with van der Waals surface area (Å²) in [5, 5.41) is 0. The molecule has 2 unspecified atom stereocenters. The molecule has 17 heavy (non-hydrogen) atoms. The highest BCUT2D eigenvalue weighted by Crippen LogP contribution is 2.23. The van der Waals surface area contributed by atoms with Gasteiger partial charge in [-0.15, -0.1) is 0 Å². The summed E-state index contributed by atoms with van der Waals surface area (Å²) in [6.07, 6.45) is 0.582. The van der Waals surface area contributed by atoms with E-state index in [9.17, 15) is 13.6 Å². The van der Waals surface area contributed by atoms with Crippen LogP contribution in [-0.2, 0) is 4.74 Å². The third-order valence-corrected chi connectivity index (χ3v) is 2.87. The minimum absolute atomic E-state index is 0.116. The number of benzene rings is 1. The summed E-state index contributed by atoms with van der Waals surface area (Å²) in [5.41, 5.74) is 5.56. The molecule has 1 saturated heterocycles. The fourth-order valence-corrected chi connectivity index (χ4v) is 1.91. The molecule has 1 aliphatic rings. The number of carbonyl (C=O) groups excluding carboxylic acids is 1. The normalized spacial score (nSPS) is 23.9. The highest BCUT2D eigenvalue weighted by molar-refractivity contribution is 5.99. The maximum absolute atomic E-state index is 13.0. The maximum atomic E-state index is 13.0. The van der Waals surface area contributed by atoms with E-state index in [1.807, 2.05) is 0 Å². The van der Waals surface area contributed by atoms with Gasteiger partial charge in [0.25, 0.3) is 0 Å². The van der Waals surface area contributed by atoms with Crippen molar-refractivity contribution in [3.05, 3.63) is 35.4 Å². The summed E-state index contributed by atoms with van der Waals surface area (Å²) >= 11 is 0. The van der Waals surface area contributed by atoms with Gasteiger partial charge in [-0.05, 0) is 31.0 Å². The Morgan fingerprint density at radius 3 is 2.71 bits per heavy atom. The molecule has 3 nitrogen and oxygen atoms in total. The summed E-state index contributed by atoms with van der Waals surface area (Å²) in [5.74, 6) is -2.31. The van der Waals surface area contributed by atoms with Crippen LogP contribution in [0.2, 0.25) is 0 Å². The number of carbonyl (C=O) groups is 1. The molecule has 0 radical (unpaired) electrons. The number of hydrogen-bond donors (Lipinski definition) is 1.